The highest BCUT2D eigenvalue weighted by Crippen LogP contribution is 2.14. The Morgan fingerprint density at radius 2 is 2.20 bits per heavy atom. The summed E-state index contributed by atoms with van der Waals surface area (Å²) in [5, 5.41) is 11.9. The summed E-state index contributed by atoms with van der Waals surface area (Å²) in [4.78, 5) is 0. The lowest BCUT2D eigenvalue weighted by Gasteiger charge is -2.12. The number of rotatable bonds is 3. The van der Waals surface area contributed by atoms with Gasteiger partial charge in [-0.15, -0.1) is 0 Å². The predicted octanol–water partition coefficient (Wildman–Crippen LogP) is 1.95. The average Bonchev–Trinajstić information content (AvgIpc) is 2.74. The first-order valence-electron chi connectivity index (χ1n) is 5.18. The number of nitrogens with zero attached hydrogens (tertiary/aromatic N) is 1. The molecule has 1 unspecified atom stereocenters. The van der Waals surface area contributed by atoms with E-state index in [0.717, 1.165) is 30.9 Å². The lowest BCUT2D eigenvalue weighted by molar-refractivity contribution is 0.195. The van der Waals surface area contributed by atoms with Gasteiger partial charge >= 0.3 is 0 Å². The van der Waals surface area contributed by atoms with Crippen LogP contribution >= 0.6 is 0 Å². The normalized spacial score (nSPS) is 19.8. The monoisotopic (exact) mass is 202 g/mol. The minimum Gasteiger partial charge on any atom is -0.380 e. The number of anilines is 1. The van der Waals surface area contributed by atoms with Gasteiger partial charge in [0.15, 0.2) is 0 Å². The van der Waals surface area contributed by atoms with Crippen LogP contribution in [0.4, 0.5) is 5.69 Å². The molecule has 3 heteroatoms. The van der Waals surface area contributed by atoms with Gasteiger partial charge in [-0.3, -0.25) is 0 Å². The minimum atomic E-state index is 0.437. The van der Waals surface area contributed by atoms with Crippen molar-refractivity contribution in [1.29, 1.82) is 5.26 Å². The number of hydrogen-bond acceptors (Lipinski definition) is 3. The fraction of sp³-hybridized carbons (Fsp3) is 0.417. The van der Waals surface area contributed by atoms with Crippen molar-refractivity contribution in [3.8, 4) is 6.07 Å². The summed E-state index contributed by atoms with van der Waals surface area (Å²) < 4.78 is 5.29. The van der Waals surface area contributed by atoms with Gasteiger partial charge < -0.3 is 10.1 Å². The van der Waals surface area contributed by atoms with E-state index in [9.17, 15) is 0 Å². The van der Waals surface area contributed by atoms with Crippen LogP contribution in [0.5, 0.6) is 0 Å². The largest absolute Gasteiger partial charge is 0.380 e. The number of nitrogens with one attached hydrogen (secondary N) is 1. The standard InChI is InChI=1S/C12H14N2O/c13-7-5-10-1-3-11(4-2-10)14-12-6-8-15-9-12/h1-4,12,14H,5-6,8-9H2. The Labute approximate surface area is 89.7 Å². The van der Waals surface area contributed by atoms with E-state index in [2.05, 4.69) is 11.4 Å². The van der Waals surface area contributed by atoms with Crippen LogP contribution < -0.4 is 5.32 Å². The second-order valence-corrected chi connectivity index (χ2v) is 3.74. The maximum Gasteiger partial charge on any atom is 0.0669 e. The molecule has 1 saturated heterocycles. The van der Waals surface area contributed by atoms with Crippen molar-refractivity contribution in [3.63, 3.8) is 0 Å². The summed E-state index contributed by atoms with van der Waals surface area (Å²) in [6.45, 7) is 1.64. The van der Waals surface area contributed by atoms with Crippen molar-refractivity contribution in [2.24, 2.45) is 0 Å². The third-order valence-electron chi connectivity index (χ3n) is 2.54. The third kappa shape index (κ3) is 2.71. The topological polar surface area (TPSA) is 45.0 Å². The number of nitriles is 1. The quantitative estimate of drug-likeness (QED) is 0.814. The summed E-state index contributed by atoms with van der Waals surface area (Å²) in [5.41, 5.74) is 2.16. The summed E-state index contributed by atoms with van der Waals surface area (Å²) >= 11 is 0. The molecule has 0 aromatic heterocycles. The zero-order valence-corrected chi connectivity index (χ0v) is 8.57. The van der Waals surface area contributed by atoms with Crippen LogP contribution in [0.2, 0.25) is 0 Å². The van der Waals surface area contributed by atoms with E-state index in [1.807, 2.05) is 24.3 Å². The molecule has 1 atom stereocenters. The number of ether oxygens (including phenoxy) is 1. The highest BCUT2D eigenvalue weighted by molar-refractivity contribution is 5.45. The molecule has 0 radical (unpaired) electrons. The first-order valence-corrected chi connectivity index (χ1v) is 5.18. The van der Waals surface area contributed by atoms with Crippen molar-refractivity contribution >= 4 is 5.69 Å². The smallest absolute Gasteiger partial charge is 0.0669 e. The van der Waals surface area contributed by atoms with Gasteiger partial charge in [0.05, 0.1) is 25.1 Å². The number of benzene rings is 1. The van der Waals surface area contributed by atoms with Crippen LogP contribution in [-0.2, 0) is 11.2 Å². The highest BCUT2D eigenvalue weighted by atomic mass is 16.5. The van der Waals surface area contributed by atoms with E-state index in [0.29, 0.717) is 12.5 Å². The summed E-state index contributed by atoms with van der Waals surface area (Å²) in [6.07, 6.45) is 1.55. The highest BCUT2D eigenvalue weighted by Gasteiger charge is 2.14. The van der Waals surface area contributed by atoms with Gasteiger partial charge in [0.1, 0.15) is 0 Å². The second kappa shape index (κ2) is 4.81. The Hall–Kier alpha value is -1.53. The van der Waals surface area contributed by atoms with Crippen LogP contribution in [-0.4, -0.2) is 19.3 Å². The molecule has 1 fully saturated rings. The van der Waals surface area contributed by atoms with Gasteiger partial charge in [-0.05, 0) is 24.1 Å². The van der Waals surface area contributed by atoms with Crippen molar-refractivity contribution in [2.75, 3.05) is 18.5 Å². The summed E-state index contributed by atoms with van der Waals surface area (Å²) in [5.74, 6) is 0. The molecule has 1 heterocycles. The Kier molecular flexibility index (Phi) is 3.21. The first-order chi connectivity index (χ1) is 7.38. The van der Waals surface area contributed by atoms with Crippen LogP contribution in [0.1, 0.15) is 12.0 Å². The molecular formula is C12H14N2O. The molecular weight excluding hydrogens is 188 g/mol. The zero-order chi connectivity index (χ0) is 10.5. The van der Waals surface area contributed by atoms with Gasteiger partial charge in [-0.1, -0.05) is 12.1 Å². The third-order valence-corrected chi connectivity index (χ3v) is 2.54. The Balaban J connectivity index is 1.94. The molecule has 1 aromatic carbocycles. The Bertz CT molecular complexity index is 347. The molecule has 78 valence electrons. The predicted molar refractivity (Wildman–Crippen MR) is 58.6 cm³/mol. The van der Waals surface area contributed by atoms with Gasteiger partial charge in [-0.2, -0.15) is 5.26 Å². The van der Waals surface area contributed by atoms with E-state index in [1.54, 1.807) is 0 Å². The lowest BCUT2D eigenvalue weighted by Crippen LogP contribution is -2.18. The zero-order valence-electron chi connectivity index (χ0n) is 8.57. The molecule has 0 amide bonds. The van der Waals surface area contributed by atoms with Gasteiger partial charge in [-0.25, -0.2) is 0 Å². The molecule has 3 nitrogen and oxygen atoms in total. The van der Waals surface area contributed by atoms with E-state index in [1.165, 1.54) is 0 Å². The van der Waals surface area contributed by atoms with Crippen molar-refractivity contribution in [1.82, 2.24) is 0 Å². The summed E-state index contributed by atoms with van der Waals surface area (Å²) in [7, 11) is 0. The minimum absolute atomic E-state index is 0.437. The fourth-order valence-electron chi connectivity index (χ4n) is 1.69. The Morgan fingerprint density at radius 1 is 1.40 bits per heavy atom. The van der Waals surface area contributed by atoms with Crippen LogP contribution in [0.3, 0.4) is 0 Å². The first kappa shape index (κ1) is 10.0. The summed E-state index contributed by atoms with van der Waals surface area (Å²) in [6, 6.07) is 10.6. The van der Waals surface area contributed by atoms with Gasteiger partial charge in [0.2, 0.25) is 0 Å². The average molecular weight is 202 g/mol. The maximum atomic E-state index is 8.54. The molecule has 0 spiro atoms. The molecule has 0 aliphatic carbocycles. The van der Waals surface area contributed by atoms with Crippen molar-refractivity contribution < 1.29 is 4.74 Å². The van der Waals surface area contributed by atoms with Crippen molar-refractivity contribution in [2.45, 2.75) is 18.9 Å². The second-order valence-electron chi connectivity index (χ2n) is 3.74. The van der Waals surface area contributed by atoms with Crippen LogP contribution in [0.15, 0.2) is 24.3 Å². The van der Waals surface area contributed by atoms with E-state index in [4.69, 9.17) is 10.00 Å². The van der Waals surface area contributed by atoms with Gasteiger partial charge in [0, 0.05) is 12.3 Å². The SMILES string of the molecule is N#CCc1ccc(NC2CCOC2)cc1. The van der Waals surface area contributed by atoms with E-state index < -0.39 is 0 Å². The maximum absolute atomic E-state index is 8.54. The Morgan fingerprint density at radius 3 is 2.80 bits per heavy atom. The number of hydrogen-bond donors (Lipinski definition) is 1. The molecule has 1 aromatic rings. The molecule has 2 rings (SSSR count). The van der Waals surface area contributed by atoms with Crippen LogP contribution in [0.25, 0.3) is 0 Å². The molecule has 0 saturated carbocycles. The van der Waals surface area contributed by atoms with E-state index >= 15 is 0 Å². The van der Waals surface area contributed by atoms with Crippen LogP contribution in [0, 0.1) is 11.3 Å². The molecule has 15 heavy (non-hydrogen) atoms. The molecule has 1 aliphatic heterocycles. The molecule has 1 aliphatic rings. The van der Waals surface area contributed by atoms with E-state index in [-0.39, 0.29) is 0 Å². The lowest BCUT2D eigenvalue weighted by atomic mass is 10.1. The fourth-order valence-corrected chi connectivity index (χ4v) is 1.69. The molecule has 1 N–H and O–H groups in total. The molecule has 0 bridgehead atoms. The van der Waals surface area contributed by atoms with Crippen molar-refractivity contribution in [3.05, 3.63) is 29.8 Å². The van der Waals surface area contributed by atoms with Gasteiger partial charge in [0.25, 0.3) is 0 Å².